The summed E-state index contributed by atoms with van der Waals surface area (Å²) in [6.07, 6.45) is -1.93. The summed E-state index contributed by atoms with van der Waals surface area (Å²) >= 11 is 0. The molecule has 5 nitrogen and oxygen atoms in total. The zero-order valence-corrected chi connectivity index (χ0v) is 8.73. The van der Waals surface area contributed by atoms with Crippen LogP contribution in [0.1, 0.15) is 11.7 Å². The number of carboxylic acid groups (broad SMARTS) is 1. The summed E-state index contributed by atoms with van der Waals surface area (Å²) in [6.45, 7) is 0. The Morgan fingerprint density at radius 2 is 2.00 bits per heavy atom. The molecule has 6 heteroatoms. The fourth-order valence-electron chi connectivity index (χ4n) is 1.25. The summed E-state index contributed by atoms with van der Waals surface area (Å²) in [7, 11) is 2.54. The standard InChI is InChI=1S/C10H11FO5/c1-15-6-4-3-5(8(12)10(13)14)7(11)9(6)16-2/h3-4,8,12H,1-2H3,(H,13,14). The molecule has 0 saturated carbocycles. The fourth-order valence-corrected chi connectivity index (χ4v) is 1.25. The van der Waals surface area contributed by atoms with Gasteiger partial charge in [-0.15, -0.1) is 0 Å². The van der Waals surface area contributed by atoms with Crippen molar-refractivity contribution in [3.63, 3.8) is 0 Å². The van der Waals surface area contributed by atoms with Crippen LogP contribution in [0, 0.1) is 5.82 Å². The van der Waals surface area contributed by atoms with Gasteiger partial charge in [0.2, 0.25) is 0 Å². The van der Waals surface area contributed by atoms with Gasteiger partial charge in [0.15, 0.2) is 23.4 Å². The van der Waals surface area contributed by atoms with Crippen molar-refractivity contribution in [2.45, 2.75) is 6.10 Å². The number of aliphatic hydroxyl groups excluding tert-OH is 1. The number of carbonyl (C=O) groups is 1. The first-order chi connectivity index (χ1) is 7.52. The van der Waals surface area contributed by atoms with Crippen molar-refractivity contribution in [1.29, 1.82) is 0 Å². The minimum absolute atomic E-state index is 0.126. The first kappa shape index (κ1) is 12.3. The van der Waals surface area contributed by atoms with Crippen LogP contribution in [0.2, 0.25) is 0 Å². The number of carboxylic acids is 1. The van der Waals surface area contributed by atoms with Crippen LogP contribution in [-0.4, -0.2) is 30.4 Å². The number of halogens is 1. The van der Waals surface area contributed by atoms with Gasteiger partial charge in [0.25, 0.3) is 0 Å². The van der Waals surface area contributed by atoms with Crippen LogP contribution in [0.4, 0.5) is 4.39 Å². The Bertz CT molecular complexity index is 404. The first-order valence-electron chi connectivity index (χ1n) is 4.34. The van der Waals surface area contributed by atoms with E-state index >= 15 is 0 Å². The van der Waals surface area contributed by atoms with Gasteiger partial charge in [0, 0.05) is 5.56 Å². The van der Waals surface area contributed by atoms with Gasteiger partial charge in [0.1, 0.15) is 0 Å². The highest BCUT2D eigenvalue weighted by Crippen LogP contribution is 2.34. The molecule has 1 unspecified atom stereocenters. The van der Waals surface area contributed by atoms with Crippen molar-refractivity contribution >= 4 is 5.97 Å². The second kappa shape index (κ2) is 4.80. The highest BCUT2D eigenvalue weighted by molar-refractivity contribution is 5.74. The quantitative estimate of drug-likeness (QED) is 0.805. The van der Waals surface area contributed by atoms with Crippen molar-refractivity contribution in [2.24, 2.45) is 0 Å². The number of aliphatic carboxylic acids is 1. The maximum Gasteiger partial charge on any atom is 0.337 e. The van der Waals surface area contributed by atoms with Crippen LogP contribution in [0.25, 0.3) is 0 Å². The molecule has 1 aromatic rings. The van der Waals surface area contributed by atoms with Gasteiger partial charge < -0.3 is 19.7 Å². The molecule has 1 rings (SSSR count). The van der Waals surface area contributed by atoms with E-state index in [1.54, 1.807) is 0 Å². The molecule has 0 amide bonds. The predicted molar refractivity (Wildman–Crippen MR) is 52.1 cm³/mol. The molecule has 0 aliphatic heterocycles. The number of hydrogen-bond acceptors (Lipinski definition) is 4. The van der Waals surface area contributed by atoms with E-state index in [0.717, 1.165) is 6.07 Å². The monoisotopic (exact) mass is 230 g/mol. The molecule has 0 fully saturated rings. The molecule has 0 aromatic heterocycles. The van der Waals surface area contributed by atoms with Gasteiger partial charge in [-0.1, -0.05) is 0 Å². The van der Waals surface area contributed by atoms with E-state index in [1.807, 2.05) is 0 Å². The largest absolute Gasteiger partial charge is 0.493 e. The average molecular weight is 230 g/mol. The van der Waals surface area contributed by atoms with Gasteiger partial charge in [0.05, 0.1) is 14.2 Å². The van der Waals surface area contributed by atoms with Crippen LogP contribution in [-0.2, 0) is 4.79 Å². The van der Waals surface area contributed by atoms with E-state index < -0.39 is 17.9 Å². The highest BCUT2D eigenvalue weighted by atomic mass is 19.1. The molecule has 16 heavy (non-hydrogen) atoms. The molecule has 0 aliphatic carbocycles. The Labute approximate surface area is 91.0 Å². The molecule has 0 saturated heterocycles. The van der Waals surface area contributed by atoms with Crippen LogP contribution < -0.4 is 9.47 Å². The maximum absolute atomic E-state index is 13.7. The molecule has 0 radical (unpaired) electrons. The molecular weight excluding hydrogens is 219 g/mol. The Morgan fingerprint density at radius 3 is 2.44 bits per heavy atom. The summed E-state index contributed by atoms with van der Waals surface area (Å²) < 4.78 is 23.3. The van der Waals surface area contributed by atoms with Gasteiger partial charge in [-0.25, -0.2) is 9.18 Å². The van der Waals surface area contributed by atoms with Crippen molar-refractivity contribution in [3.8, 4) is 11.5 Å². The van der Waals surface area contributed by atoms with Crippen molar-refractivity contribution in [1.82, 2.24) is 0 Å². The van der Waals surface area contributed by atoms with E-state index in [9.17, 15) is 14.3 Å². The molecule has 2 N–H and O–H groups in total. The van der Waals surface area contributed by atoms with E-state index in [2.05, 4.69) is 0 Å². The lowest BCUT2D eigenvalue weighted by atomic mass is 10.1. The van der Waals surface area contributed by atoms with Gasteiger partial charge in [-0.05, 0) is 12.1 Å². The van der Waals surface area contributed by atoms with E-state index in [-0.39, 0.29) is 17.1 Å². The molecule has 0 heterocycles. The number of rotatable bonds is 4. The minimum Gasteiger partial charge on any atom is -0.493 e. The second-order valence-corrected chi connectivity index (χ2v) is 2.95. The maximum atomic E-state index is 13.7. The zero-order chi connectivity index (χ0) is 12.3. The fraction of sp³-hybridized carbons (Fsp3) is 0.300. The topological polar surface area (TPSA) is 76.0 Å². The summed E-state index contributed by atoms with van der Waals surface area (Å²) in [5.74, 6) is -2.59. The van der Waals surface area contributed by atoms with Crippen LogP contribution in [0.15, 0.2) is 12.1 Å². The second-order valence-electron chi connectivity index (χ2n) is 2.95. The van der Waals surface area contributed by atoms with Crippen LogP contribution >= 0.6 is 0 Å². The highest BCUT2D eigenvalue weighted by Gasteiger charge is 2.24. The predicted octanol–water partition coefficient (Wildman–Crippen LogP) is 0.961. The number of benzene rings is 1. The zero-order valence-electron chi connectivity index (χ0n) is 8.73. The smallest absolute Gasteiger partial charge is 0.337 e. The molecule has 1 atom stereocenters. The van der Waals surface area contributed by atoms with Crippen LogP contribution in [0.5, 0.6) is 11.5 Å². The molecule has 0 spiro atoms. The summed E-state index contributed by atoms with van der Waals surface area (Å²) in [6, 6.07) is 2.46. The van der Waals surface area contributed by atoms with Crippen molar-refractivity contribution in [2.75, 3.05) is 14.2 Å². The first-order valence-corrected chi connectivity index (χ1v) is 4.34. The third-order valence-corrected chi connectivity index (χ3v) is 2.04. The average Bonchev–Trinajstić information content (AvgIpc) is 2.27. The lowest BCUT2D eigenvalue weighted by Crippen LogP contribution is -2.13. The molecule has 0 aliphatic rings. The number of methoxy groups -OCH3 is 2. The lowest BCUT2D eigenvalue weighted by Gasteiger charge is -2.13. The van der Waals surface area contributed by atoms with Crippen molar-refractivity contribution in [3.05, 3.63) is 23.5 Å². The van der Waals surface area contributed by atoms with Gasteiger partial charge in [-0.2, -0.15) is 0 Å². The third-order valence-electron chi connectivity index (χ3n) is 2.04. The number of ether oxygens (including phenoxy) is 2. The normalized spacial score (nSPS) is 12.0. The summed E-state index contributed by atoms with van der Waals surface area (Å²) in [5, 5.41) is 17.8. The number of aliphatic hydroxyl groups is 1. The lowest BCUT2D eigenvalue weighted by molar-refractivity contribution is -0.147. The third kappa shape index (κ3) is 2.06. The molecule has 1 aromatic carbocycles. The SMILES string of the molecule is COc1ccc(C(O)C(=O)O)c(F)c1OC. The Hall–Kier alpha value is -1.82. The molecular formula is C10H11FO5. The Balaban J connectivity index is 3.29. The van der Waals surface area contributed by atoms with Crippen LogP contribution in [0.3, 0.4) is 0 Å². The number of hydrogen-bond donors (Lipinski definition) is 2. The van der Waals surface area contributed by atoms with Gasteiger partial charge in [-0.3, -0.25) is 0 Å². The van der Waals surface area contributed by atoms with E-state index in [4.69, 9.17) is 14.6 Å². The summed E-state index contributed by atoms with van der Waals surface area (Å²) in [4.78, 5) is 10.5. The minimum atomic E-state index is -1.93. The van der Waals surface area contributed by atoms with E-state index in [0.29, 0.717) is 0 Å². The van der Waals surface area contributed by atoms with E-state index in [1.165, 1.54) is 20.3 Å². The van der Waals surface area contributed by atoms with Gasteiger partial charge >= 0.3 is 5.97 Å². The van der Waals surface area contributed by atoms with Crippen molar-refractivity contribution < 1.29 is 28.9 Å². The molecule has 88 valence electrons. The Morgan fingerprint density at radius 1 is 1.38 bits per heavy atom. The summed E-state index contributed by atoms with van der Waals surface area (Å²) in [5.41, 5.74) is -0.370. The molecule has 0 bridgehead atoms. The Kier molecular flexibility index (Phi) is 3.68.